The van der Waals surface area contributed by atoms with E-state index < -0.39 is 25.9 Å². The molecule has 15 heavy (non-hydrogen) atoms. The fourth-order valence-corrected chi connectivity index (χ4v) is 1.61. The topological polar surface area (TPSA) is 53.2 Å². The van der Waals surface area contributed by atoms with Crippen LogP contribution in [0.5, 0.6) is 0 Å². The molecular weight excluding hydrogens is 331 g/mol. The van der Waals surface area contributed by atoms with Crippen LogP contribution in [0.15, 0.2) is 0 Å². The van der Waals surface area contributed by atoms with Gasteiger partial charge in [0.25, 0.3) is 0 Å². The van der Waals surface area contributed by atoms with E-state index >= 15 is 0 Å². The van der Waals surface area contributed by atoms with Crippen molar-refractivity contribution in [1.82, 2.24) is 16.0 Å². The Hall–Kier alpha value is 0.970. The van der Waals surface area contributed by atoms with Crippen molar-refractivity contribution in [3.05, 3.63) is 0 Å². The van der Waals surface area contributed by atoms with Gasteiger partial charge in [-0.3, -0.25) is 5.32 Å². The van der Waals surface area contributed by atoms with Gasteiger partial charge in [-0.1, -0.05) is 69.6 Å². The lowest BCUT2D eigenvalue weighted by atomic mass is 10.4. The molecule has 1 rings (SSSR count). The number of hydrogen-bond acceptors (Lipinski definition) is 2. The molecule has 0 bridgehead atoms. The second kappa shape index (κ2) is 4.69. The van der Waals surface area contributed by atoms with Crippen LogP contribution in [0.2, 0.25) is 0 Å². The maximum Gasteiger partial charge on any atom is 0.317 e. The molecule has 1 aliphatic heterocycles. The molecule has 10 heteroatoms. The van der Waals surface area contributed by atoms with Gasteiger partial charge in [0, 0.05) is 0 Å². The summed E-state index contributed by atoms with van der Waals surface area (Å²) in [6, 6.07) is -0.596. The molecule has 1 fully saturated rings. The van der Waals surface area contributed by atoms with Crippen molar-refractivity contribution in [2.24, 2.45) is 0 Å². The fourth-order valence-electron chi connectivity index (χ4n) is 0.907. The summed E-state index contributed by atoms with van der Waals surface area (Å²) in [6.45, 7) is 0. The summed E-state index contributed by atoms with van der Waals surface area (Å²) in [5, 5.41) is 7.28. The molecule has 0 aromatic carbocycles. The molecular formula is C5H5Cl6N3O. The van der Waals surface area contributed by atoms with Gasteiger partial charge in [0.2, 0.25) is 7.59 Å². The molecule has 1 saturated heterocycles. The number of carbonyl (C=O) groups excluding carboxylic acids is 1. The lowest BCUT2D eigenvalue weighted by Crippen LogP contribution is -2.71. The lowest BCUT2D eigenvalue weighted by molar-refractivity contribution is 0.208. The zero-order valence-electron chi connectivity index (χ0n) is 6.83. The Morgan fingerprint density at radius 2 is 1.20 bits per heavy atom. The average Bonchev–Trinajstić information content (AvgIpc) is 1.99. The van der Waals surface area contributed by atoms with E-state index in [1.807, 2.05) is 0 Å². The van der Waals surface area contributed by atoms with Crippen molar-refractivity contribution in [2.75, 3.05) is 0 Å². The predicted octanol–water partition coefficient (Wildman–Crippen LogP) is 2.28. The van der Waals surface area contributed by atoms with Gasteiger partial charge >= 0.3 is 6.03 Å². The maximum atomic E-state index is 11.2. The van der Waals surface area contributed by atoms with Crippen molar-refractivity contribution in [2.45, 2.75) is 19.9 Å². The van der Waals surface area contributed by atoms with E-state index in [1.54, 1.807) is 0 Å². The van der Waals surface area contributed by atoms with Gasteiger partial charge in [-0.15, -0.1) is 0 Å². The molecule has 3 N–H and O–H groups in total. The van der Waals surface area contributed by atoms with Crippen molar-refractivity contribution >= 4 is 75.6 Å². The SMILES string of the molecule is O=C1NC(C(Cl)(Cl)Cl)NC(C(Cl)(Cl)Cl)N1. The van der Waals surface area contributed by atoms with E-state index in [-0.39, 0.29) is 0 Å². The van der Waals surface area contributed by atoms with Crippen LogP contribution in [-0.2, 0) is 0 Å². The maximum absolute atomic E-state index is 11.2. The number of rotatable bonds is 0. The number of nitrogens with one attached hydrogen (secondary N) is 3. The van der Waals surface area contributed by atoms with Crippen molar-refractivity contribution < 1.29 is 4.79 Å². The van der Waals surface area contributed by atoms with Crippen LogP contribution in [0.4, 0.5) is 4.79 Å². The minimum Gasteiger partial charge on any atom is -0.318 e. The summed E-state index contributed by atoms with van der Waals surface area (Å²) in [7, 11) is 0. The molecule has 0 aromatic heterocycles. The highest BCUT2D eigenvalue weighted by molar-refractivity contribution is 6.69. The Kier molecular flexibility index (Phi) is 4.38. The molecule has 0 spiro atoms. The molecule has 2 amide bonds. The Bertz CT molecular complexity index is 236. The van der Waals surface area contributed by atoms with Crippen molar-refractivity contribution in [3.8, 4) is 0 Å². The van der Waals surface area contributed by atoms with Gasteiger partial charge in [0.05, 0.1) is 0 Å². The first-order chi connectivity index (χ1) is 6.60. The summed E-state index contributed by atoms with van der Waals surface area (Å²) in [5.41, 5.74) is 0. The van der Waals surface area contributed by atoms with Crippen LogP contribution in [0.1, 0.15) is 0 Å². The van der Waals surface area contributed by atoms with Gasteiger partial charge < -0.3 is 10.6 Å². The summed E-state index contributed by atoms with van der Waals surface area (Å²) in [5.74, 6) is 0. The monoisotopic (exact) mass is 333 g/mol. The third-order valence-electron chi connectivity index (χ3n) is 1.54. The summed E-state index contributed by atoms with van der Waals surface area (Å²) >= 11 is 33.5. The van der Waals surface area contributed by atoms with Gasteiger partial charge in [-0.25, -0.2) is 4.79 Å². The molecule has 4 nitrogen and oxygen atoms in total. The van der Waals surface area contributed by atoms with E-state index in [1.165, 1.54) is 0 Å². The molecule has 1 aliphatic rings. The van der Waals surface area contributed by atoms with Crippen LogP contribution in [0, 0.1) is 0 Å². The molecule has 2 atom stereocenters. The molecule has 88 valence electrons. The standard InChI is InChI=1S/C5H5Cl6N3O/c6-4(7,8)1-12-2(5(9,10)11)14-3(15)13-1/h1-2,12H,(H2,13,14,15). The third kappa shape index (κ3) is 4.04. The van der Waals surface area contributed by atoms with E-state index in [4.69, 9.17) is 69.6 Å². The third-order valence-corrected chi connectivity index (χ3v) is 2.85. The number of alkyl halides is 6. The van der Waals surface area contributed by atoms with E-state index in [9.17, 15) is 4.79 Å². The zero-order chi connectivity index (χ0) is 11.9. The predicted molar refractivity (Wildman–Crippen MR) is 63.0 cm³/mol. The van der Waals surface area contributed by atoms with Gasteiger partial charge in [-0.2, -0.15) is 0 Å². The number of carbonyl (C=O) groups is 1. The van der Waals surface area contributed by atoms with E-state index in [2.05, 4.69) is 16.0 Å². The summed E-state index contributed by atoms with van der Waals surface area (Å²) in [4.78, 5) is 11.2. The number of halogens is 6. The number of amides is 2. The highest BCUT2D eigenvalue weighted by atomic mass is 35.6. The summed E-state index contributed by atoms with van der Waals surface area (Å²) < 4.78 is -3.49. The second-order valence-electron chi connectivity index (χ2n) is 2.73. The Morgan fingerprint density at radius 3 is 1.47 bits per heavy atom. The molecule has 0 radical (unpaired) electrons. The van der Waals surface area contributed by atoms with Crippen LogP contribution in [0.3, 0.4) is 0 Å². The normalized spacial score (nSPS) is 28.3. The molecule has 0 aliphatic carbocycles. The Labute approximate surface area is 116 Å². The van der Waals surface area contributed by atoms with Crippen LogP contribution >= 0.6 is 69.6 Å². The van der Waals surface area contributed by atoms with Crippen LogP contribution in [0.25, 0.3) is 0 Å². The minimum atomic E-state index is -1.74. The van der Waals surface area contributed by atoms with Gasteiger partial charge in [0.15, 0.2) is 0 Å². The van der Waals surface area contributed by atoms with E-state index in [0.717, 1.165) is 0 Å². The smallest absolute Gasteiger partial charge is 0.317 e. The molecule has 2 unspecified atom stereocenters. The lowest BCUT2D eigenvalue weighted by Gasteiger charge is -2.38. The van der Waals surface area contributed by atoms with Crippen LogP contribution in [-0.4, -0.2) is 25.9 Å². The largest absolute Gasteiger partial charge is 0.318 e. The van der Waals surface area contributed by atoms with Crippen molar-refractivity contribution in [3.63, 3.8) is 0 Å². The molecule has 0 saturated carbocycles. The minimum absolute atomic E-state index is 0.596. The van der Waals surface area contributed by atoms with E-state index in [0.29, 0.717) is 0 Å². The van der Waals surface area contributed by atoms with Crippen LogP contribution < -0.4 is 16.0 Å². The van der Waals surface area contributed by atoms with Gasteiger partial charge in [0.1, 0.15) is 12.3 Å². The molecule has 0 aromatic rings. The summed E-state index contributed by atoms with van der Waals surface area (Å²) in [6.07, 6.45) is -1.89. The highest BCUT2D eigenvalue weighted by Crippen LogP contribution is 2.34. The average molecular weight is 336 g/mol. The fraction of sp³-hybridized carbons (Fsp3) is 0.800. The second-order valence-corrected chi connectivity index (χ2v) is 7.47. The Balaban J connectivity index is 2.77. The zero-order valence-corrected chi connectivity index (χ0v) is 11.4. The Morgan fingerprint density at radius 1 is 0.867 bits per heavy atom. The van der Waals surface area contributed by atoms with Gasteiger partial charge in [-0.05, 0) is 0 Å². The molecule has 1 heterocycles. The first-order valence-electron chi connectivity index (χ1n) is 3.57. The number of hydrogen-bond donors (Lipinski definition) is 3. The quantitative estimate of drug-likeness (QED) is 0.595. The number of urea groups is 1. The first kappa shape index (κ1) is 14.0. The van der Waals surface area contributed by atoms with Crippen molar-refractivity contribution in [1.29, 1.82) is 0 Å². The first-order valence-corrected chi connectivity index (χ1v) is 5.84. The highest BCUT2D eigenvalue weighted by Gasteiger charge is 2.44.